The van der Waals surface area contributed by atoms with Gasteiger partial charge in [0.25, 0.3) is 5.91 Å². The smallest absolute Gasteiger partial charge is 0.409 e. The van der Waals surface area contributed by atoms with Crippen LogP contribution >= 0.6 is 0 Å². The van der Waals surface area contributed by atoms with Gasteiger partial charge >= 0.3 is 12.1 Å². The van der Waals surface area contributed by atoms with Crippen LogP contribution in [0.4, 0.5) is 4.79 Å². The molecule has 4 rings (SSSR count). The number of nitrogens with zero attached hydrogens (tertiary/aromatic N) is 3. The molecule has 10 heteroatoms. The van der Waals surface area contributed by atoms with Crippen LogP contribution in [0.15, 0.2) is 42.5 Å². The Labute approximate surface area is 215 Å². The van der Waals surface area contributed by atoms with Crippen molar-refractivity contribution in [1.82, 2.24) is 20.1 Å². The van der Waals surface area contributed by atoms with Crippen LogP contribution in [0.5, 0.6) is 0 Å². The van der Waals surface area contributed by atoms with E-state index in [1.807, 2.05) is 36.4 Å². The number of ether oxygens (including phenoxy) is 1. The van der Waals surface area contributed by atoms with E-state index in [4.69, 9.17) is 4.74 Å². The monoisotopic (exact) mass is 508 g/mol. The highest BCUT2D eigenvalue weighted by atomic mass is 16.6. The van der Waals surface area contributed by atoms with Crippen LogP contribution in [0.1, 0.15) is 54.6 Å². The SMILES string of the molecule is CCOC(=O)N1CCN(C(=O)C(CCC(=O)O)NC(=O)c2cc(C3CC3)cc(-c3ccccc3)n2)CC1. The van der Waals surface area contributed by atoms with Gasteiger partial charge < -0.3 is 25.0 Å². The van der Waals surface area contributed by atoms with E-state index in [-0.39, 0.29) is 44.1 Å². The van der Waals surface area contributed by atoms with Crippen molar-refractivity contribution in [3.63, 3.8) is 0 Å². The minimum atomic E-state index is -1.06. The summed E-state index contributed by atoms with van der Waals surface area (Å²) in [5, 5.41) is 12.0. The number of piperazine rings is 1. The molecular weight excluding hydrogens is 476 g/mol. The van der Waals surface area contributed by atoms with Crippen LogP contribution in [0.25, 0.3) is 11.3 Å². The standard InChI is InChI=1S/C27H32N4O6/c1-2-37-27(36)31-14-12-30(13-15-31)26(35)21(10-11-24(32)33)29-25(34)23-17-20(18-8-9-18)16-22(28-23)19-6-4-3-5-7-19/h3-7,16-18,21H,2,8-15H2,1H3,(H,29,34)(H,32,33). The molecule has 1 saturated heterocycles. The minimum absolute atomic E-state index is 0.0497. The van der Waals surface area contributed by atoms with Gasteiger partial charge in [0.15, 0.2) is 0 Å². The van der Waals surface area contributed by atoms with E-state index in [2.05, 4.69) is 10.3 Å². The van der Waals surface area contributed by atoms with Gasteiger partial charge in [0.2, 0.25) is 5.91 Å². The second kappa shape index (κ2) is 11.9. The topological polar surface area (TPSA) is 129 Å². The third-order valence-electron chi connectivity index (χ3n) is 6.57. The number of benzene rings is 1. The van der Waals surface area contributed by atoms with Gasteiger partial charge in [-0.3, -0.25) is 14.4 Å². The molecular formula is C27H32N4O6. The van der Waals surface area contributed by atoms with E-state index in [0.29, 0.717) is 24.7 Å². The zero-order valence-corrected chi connectivity index (χ0v) is 20.9. The molecule has 0 bridgehead atoms. The van der Waals surface area contributed by atoms with Crippen molar-refractivity contribution in [2.45, 2.75) is 44.6 Å². The van der Waals surface area contributed by atoms with Crippen LogP contribution in [0, 0.1) is 0 Å². The highest BCUT2D eigenvalue weighted by Gasteiger charge is 2.32. The summed E-state index contributed by atoms with van der Waals surface area (Å²) in [6.07, 6.45) is 1.35. The third kappa shape index (κ3) is 6.84. The maximum atomic E-state index is 13.3. The summed E-state index contributed by atoms with van der Waals surface area (Å²) in [4.78, 5) is 57.5. The van der Waals surface area contributed by atoms with E-state index in [9.17, 15) is 24.3 Å². The minimum Gasteiger partial charge on any atom is -0.481 e. The maximum absolute atomic E-state index is 13.3. The van der Waals surface area contributed by atoms with Gasteiger partial charge in [-0.25, -0.2) is 9.78 Å². The third-order valence-corrected chi connectivity index (χ3v) is 6.57. The molecule has 0 spiro atoms. The Balaban J connectivity index is 1.50. The molecule has 2 N–H and O–H groups in total. The lowest BCUT2D eigenvalue weighted by molar-refractivity contribution is -0.138. The molecule has 2 heterocycles. The van der Waals surface area contributed by atoms with Crippen molar-refractivity contribution >= 4 is 23.9 Å². The number of aliphatic carboxylic acids is 1. The summed E-state index contributed by atoms with van der Waals surface area (Å²) in [5.41, 5.74) is 2.79. The second-order valence-electron chi connectivity index (χ2n) is 9.28. The van der Waals surface area contributed by atoms with Crippen LogP contribution in [-0.4, -0.2) is 82.6 Å². The number of nitrogens with one attached hydrogen (secondary N) is 1. The number of amides is 3. The summed E-state index contributed by atoms with van der Waals surface area (Å²) in [6.45, 7) is 3.13. The van der Waals surface area contributed by atoms with Crippen molar-refractivity contribution in [2.24, 2.45) is 0 Å². The van der Waals surface area contributed by atoms with Gasteiger partial charge in [0.05, 0.1) is 12.3 Å². The number of carbonyl (C=O) groups excluding carboxylic acids is 3. The molecule has 1 atom stereocenters. The zero-order chi connectivity index (χ0) is 26.4. The fourth-order valence-electron chi connectivity index (χ4n) is 4.38. The molecule has 1 unspecified atom stereocenters. The first-order chi connectivity index (χ1) is 17.9. The first kappa shape index (κ1) is 26.1. The number of rotatable bonds is 9. The lowest BCUT2D eigenvalue weighted by atomic mass is 10.0. The molecule has 196 valence electrons. The molecule has 2 aliphatic rings. The average Bonchev–Trinajstić information content (AvgIpc) is 3.77. The van der Waals surface area contributed by atoms with Gasteiger partial charge in [-0.05, 0) is 49.8 Å². The molecule has 0 radical (unpaired) electrons. The number of carboxylic acid groups (broad SMARTS) is 1. The summed E-state index contributed by atoms with van der Waals surface area (Å²) in [6, 6.07) is 12.3. The zero-order valence-electron chi connectivity index (χ0n) is 20.9. The van der Waals surface area contributed by atoms with Crippen LogP contribution < -0.4 is 5.32 Å². The number of aromatic nitrogens is 1. The number of hydrogen-bond donors (Lipinski definition) is 2. The maximum Gasteiger partial charge on any atom is 0.409 e. The van der Waals surface area contributed by atoms with Gasteiger partial charge in [-0.1, -0.05) is 30.3 Å². The van der Waals surface area contributed by atoms with Crippen molar-refractivity contribution in [2.75, 3.05) is 32.8 Å². The lowest BCUT2D eigenvalue weighted by Crippen LogP contribution is -2.56. The predicted molar refractivity (Wildman–Crippen MR) is 135 cm³/mol. The molecule has 1 aliphatic carbocycles. The molecule has 10 nitrogen and oxygen atoms in total. The number of carboxylic acids is 1. The number of pyridine rings is 1. The molecule has 1 aromatic carbocycles. The van der Waals surface area contributed by atoms with Crippen molar-refractivity contribution in [1.29, 1.82) is 0 Å². The van der Waals surface area contributed by atoms with E-state index in [0.717, 1.165) is 24.0 Å². The highest BCUT2D eigenvalue weighted by molar-refractivity contribution is 5.97. The van der Waals surface area contributed by atoms with Crippen molar-refractivity contribution in [3.05, 3.63) is 53.7 Å². The Morgan fingerprint density at radius 1 is 1.05 bits per heavy atom. The molecule has 1 saturated carbocycles. The second-order valence-corrected chi connectivity index (χ2v) is 9.28. The van der Waals surface area contributed by atoms with Gasteiger partial charge in [-0.15, -0.1) is 0 Å². The van der Waals surface area contributed by atoms with Gasteiger partial charge in [-0.2, -0.15) is 0 Å². The summed E-state index contributed by atoms with van der Waals surface area (Å²) >= 11 is 0. The Bertz CT molecular complexity index is 1140. The lowest BCUT2D eigenvalue weighted by Gasteiger charge is -2.35. The fourth-order valence-corrected chi connectivity index (χ4v) is 4.38. The number of hydrogen-bond acceptors (Lipinski definition) is 6. The normalized spacial score (nSPS) is 16.1. The Morgan fingerprint density at radius 3 is 2.35 bits per heavy atom. The van der Waals surface area contributed by atoms with E-state index in [1.54, 1.807) is 17.9 Å². The Hall–Kier alpha value is -3.95. The first-order valence-electron chi connectivity index (χ1n) is 12.7. The number of carbonyl (C=O) groups is 4. The highest BCUT2D eigenvalue weighted by Crippen LogP contribution is 2.41. The van der Waals surface area contributed by atoms with Crippen molar-refractivity contribution < 1.29 is 29.0 Å². The molecule has 3 amide bonds. The Kier molecular flexibility index (Phi) is 8.37. The van der Waals surface area contributed by atoms with Crippen LogP contribution in [-0.2, 0) is 14.3 Å². The largest absolute Gasteiger partial charge is 0.481 e. The fraction of sp³-hybridized carbons (Fsp3) is 0.444. The van der Waals surface area contributed by atoms with Crippen LogP contribution in [0.3, 0.4) is 0 Å². The summed E-state index contributed by atoms with van der Waals surface area (Å²) < 4.78 is 5.02. The average molecular weight is 509 g/mol. The molecule has 37 heavy (non-hydrogen) atoms. The van der Waals surface area contributed by atoms with E-state index < -0.39 is 24.0 Å². The quantitative estimate of drug-likeness (QED) is 0.533. The molecule has 2 aromatic rings. The van der Waals surface area contributed by atoms with Gasteiger partial charge in [0.1, 0.15) is 11.7 Å². The van der Waals surface area contributed by atoms with Gasteiger partial charge in [0, 0.05) is 38.2 Å². The summed E-state index contributed by atoms with van der Waals surface area (Å²) in [7, 11) is 0. The molecule has 1 aliphatic heterocycles. The molecule has 2 fully saturated rings. The van der Waals surface area contributed by atoms with E-state index in [1.165, 1.54) is 4.90 Å². The Morgan fingerprint density at radius 2 is 1.73 bits per heavy atom. The van der Waals surface area contributed by atoms with E-state index >= 15 is 0 Å². The first-order valence-corrected chi connectivity index (χ1v) is 12.7. The summed E-state index contributed by atoms with van der Waals surface area (Å²) in [5.74, 6) is -1.56. The van der Waals surface area contributed by atoms with Crippen LogP contribution in [0.2, 0.25) is 0 Å². The predicted octanol–water partition coefficient (Wildman–Crippen LogP) is 2.89. The molecule has 1 aromatic heterocycles. The van der Waals surface area contributed by atoms with Crippen molar-refractivity contribution in [3.8, 4) is 11.3 Å².